The fraction of sp³-hybridized carbons (Fsp3) is 0.714. The van der Waals surface area contributed by atoms with Crippen LogP contribution < -0.4 is 5.32 Å². The Balaban J connectivity index is 2.37. The molecule has 2 unspecified atom stereocenters. The highest BCUT2D eigenvalue weighted by molar-refractivity contribution is 7.99. The van der Waals surface area contributed by atoms with Gasteiger partial charge in [0.2, 0.25) is 0 Å². The molecule has 2 atom stereocenters. The highest BCUT2D eigenvalue weighted by Gasteiger charge is 2.12. The molecule has 0 saturated heterocycles. The third-order valence-corrected chi connectivity index (χ3v) is 4.36. The summed E-state index contributed by atoms with van der Waals surface area (Å²) >= 11 is 2.05. The number of hydrogen-bond acceptors (Lipinski definition) is 3. The summed E-state index contributed by atoms with van der Waals surface area (Å²) in [5.41, 5.74) is 0. The fourth-order valence-corrected chi connectivity index (χ4v) is 2.64. The van der Waals surface area contributed by atoms with Crippen LogP contribution in [0.25, 0.3) is 0 Å². The summed E-state index contributed by atoms with van der Waals surface area (Å²) in [4.78, 5) is 0. The molecule has 0 aliphatic carbocycles. The van der Waals surface area contributed by atoms with Gasteiger partial charge in [-0.1, -0.05) is 20.8 Å². The van der Waals surface area contributed by atoms with E-state index >= 15 is 0 Å². The minimum atomic E-state index is 0.528. The van der Waals surface area contributed by atoms with Gasteiger partial charge in [0.1, 0.15) is 5.76 Å². The second kappa shape index (κ2) is 8.65. The van der Waals surface area contributed by atoms with Crippen LogP contribution in [-0.2, 0) is 6.42 Å². The minimum absolute atomic E-state index is 0.528. The van der Waals surface area contributed by atoms with Crippen LogP contribution >= 0.6 is 11.8 Å². The quantitative estimate of drug-likeness (QED) is 0.728. The topological polar surface area (TPSA) is 25.2 Å². The first-order valence-electron chi connectivity index (χ1n) is 6.63. The largest absolute Gasteiger partial charge is 0.469 e. The van der Waals surface area contributed by atoms with Crippen molar-refractivity contribution in [3.05, 3.63) is 24.2 Å². The van der Waals surface area contributed by atoms with E-state index in [0.717, 1.165) is 29.7 Å². The van der Waals surface area contributed by atoms with Crippen LogP contribution in [-0.4, -0.2) is 23.6 Å². The monoisotopic (exact) mass is 255 g/mol. The fourth-order valence-electron chi connectivity index (χ4n) is 1.61. The third-order valence-electron chi connectivity index (χ3n) is 2.87. The van der Waals surface area contributed by atoms with Gasteiger partial charge in [-0.15, -0.1) is 0 Å². The molecule has 1 aromatic rings. The molecular weight excluding hydrogens is 230 g/mol. The Morgan fingerprint density at radius 1 is 1.41 bits per heavy atom. The Kier molecular flexibility index (Phi) is 7.45. The van der Waals surface area contributed by atoms with E-state index in [1.165, 1.54) is 12.8 Å². The van der Waals surface area contributed by atoms with Gasteiger partial charge in [0.05, 0.1) is 6.26 Å². The van der Waals surface area contributed by atoms with E-state index in [1.807, 2.05) is 6.07 Å². The average Bonchev–Trinajstić information content (AvgIpc) is 2.84. The van der Waals surface area contributed by atoms with Crippen molar-refractivity contribution in [1.29, 1.82) is 0 Å². The Hall–Kier alpha value is -0.410. The molecular formula is C14H25NOS. The highest BCUT2D eigenvalue weighted by atomic mass is 32.2. The summed E-state index contributed by atoms with van der Waals surface area (Å²) in [5.74, 6) is 2.25. The molecule has 1 N–H and O–H groups in total. The molecule has 1 heterocycles. The van der Waals surface area contributed by atoms with E-state index in [1.54, 1.807) is 6.26 Å². The Morgan fingerprint density at radius 2 is 2.24 bits per heavy atom. The van der Waals surface area contributed by atoms with Crippen LogP contribution in [0, 0.1) is 0 Å². The van der Waals surface area contributed by atoms with Gasteiger partial charge in [-0.05, 0) is 31.5 Å². The van der Waals surface area contributed by atoms with Crippen molar-refractivity contribution in [3.8, 4) is 0 Å². The smallest absolute Gasteiger partial charge is 0.105 e. The summed E-state index contributed by atoms with van der Waals surface area (Å²) in [6.45, 7) is 7.85. The Morgan fingerprint density at radius 3 is 2.82 bits per heavy atom. The Bertz CT molecular complexity index is 274. The zero-order chi connectivity index (χ0) is 12.5. The molecule has 0 saturated carbocycles. The zero-order valence-corrected chi connectivity index (χ0v) is 12.1. The number of thioether (sulfide) groups is 1. The maximum Gasteiger partial charge on any atom is 0.105 e. The molecule has 0 aromatic carbocycles. The maximum absolute atomic E-state index is 5.43. The molecule has 0 amide bonds. The van der Waals surface area contributed by atoms with Crippen molar-refractivity contribution in [2.45, 2.75) is 51.3 Å². The number of nitrogens with one attached hydrogen (secondary N) is 1. The lowest BCUT2D eigenvalue weighted by Crippen LogP contribution is -2.34. The van der Waals surface area contributed by atoms with E-state index in [4.69, 9.17) is 4.42 Å². The first kappa shape index (κ1) is 14.7. The van der Waals surface area contributed by atoms with Gasteiger partial charge in [0, 0.05) is 23.5 Å². The van der Waals surface area contributed by atoms with Gasteiger partial charge in [0.25, 0.3) is 0 Å². The first-order valence-corrected chi connectivity index (χ1v) is 7.68. The molecule has 0 bridgehead atoms. The molecule has 0 aliphatic rings. The van der Waals surface area contributed by atoms with Gasteiger partial charge in [-0.3, -0.25) is 0 Å². The summed E-state index contributed by atoms with van der Waals surface area (Å²) in [7, 11) is 0. The summed E-state index contributed by atoms with van der Waals surface area (Å²) in [6.07, 6.45) is 5.18. The van der Waals surface area contributed by atoms with Crippen LogP contribution in [0.2, 0.25) is 0 Å². The lowest BCUT2D eigenvalue weighted by atomic mass is 10.2. The van der Waals surface area contributed by atoms with Crippen LogP contribution in [0.4, 0.5) is 0 Å². The molecule has 3 heteroatoms. The Labute approximate surface area is 110 Å². The lowest BCUT2D eigenvalue weighted by Gasteiger charge is -2.19. The van der Waals surface area contributed by atoms with Crippen LogP contribution in [0.3, 0.4) is 0 Å². The van der Waals surface area contributed by atoms with Crippen molar-refractivity contribution in [2.75, 3.05) is 12.3 Å². The second-order valence-electron chi connectivity index (χ2n) is 4.49. The van der Waals surface area contributed by atoms with E-state index in [2.05, 4.69) is 43.9 Å². The maximum atomic E-state index is 5.43. The van der Waals surface area contributed by atoms with Gasteiger partial charge in [-0.2, -0.15) is 11.8 Å². The van der Waals surface area contributed by atoms with Crippen molar-refractivity contribution in [1.82, 2.24) is 5.32 Å². The van der Waals surface area contributed by atoms with Crippen LogP contribution in [0.5, 0.6) is 0 Å². The third kappa shape index (κ3) is 6.18. The van der Waals surface area contributed by atoms with E-state index < -0.39 is 0 Å². The van der Waals surface area contributed by atoms with Crippen LogP contribution in [0.1, 0.15) is 39.4 Å². The molecule has 1 rings (SSSR count). The van der Waals surface area contributed by atoms with Crippen molar-refractivity contribution >= 4 is 11.8 Å². The molecule has 2 nitrogen and oxygen atoms in total. The van der Waals surface area contributed by atoms with Crippen molar-refractivity contribution in [3.63, 3.8) is 0 Å². The number of furan rings is 1. The zero-order valence-electron chi connectivity index (χ0n) is 11.2. The number of hydrogen-bond donors (Lipinski definition) is 1. The molecule has 1 aromatic heterocycles. The second-order valence-corrected chi connectivity index (χ2v) is 5.96. The molecule has 0 fully saturated rings. The van der Waals surface area contributed by atoms with Crippen LogP contribution in [0.15, 0.2) is 22.8 Å². The van der Waals surface area contributed by atoms with Crippen molar-refractivity contribution in [2.24, 2.45) is 0 Å². The SMILES string of the molecule is CCCNC(CSC(C)CC)Cc1ccco1. The molecule has 98 valence electrons. The predicted molar refractivity (Wildman–Crippen MR) is 76.7 cm³/mol. The van der Waals surface area contributed by atoms with Gasteiger partial charge >= 0.3 is 0 Å². The lowest BCUT2D eigenvalue weighted by molar-refractivity contribution is 0.460. The van der Waals surface area contributed by atoms with E-state index in [9.17, 15) is 0 Å². The average molecular weight is 255 g/mol. The van der Waals surface area contributed by atoms with Crippen molar-refractivity contribution < 1.29 is 4.42 Å². The summed E-state index contributed by atoms with van der Waals surface area (Å²) in [6, 6.07) is 4.56. The summed E-state index contributed by atoms with van der Waals surface area (Å²) < 4.78 is 5.43. The predicted octanol–water partition coefficient (Wildman–Crippen LogP) is 3.72. The summed E-state index contributed by atoms with van der Waals surface area (Å²) in [5, 5.41) is 4.35. The highest BCUT2D eigenvalue weighted by Crippen LogP contribution is 2.16. The van der Waals surface area contributed by atoms with Gasteiger partial charge in [-0.25, -0.2) is 0 Å². The normalized spacial score (nSPS) is 14.8. The van der Waals surface area contributed by atoms with E-state index in [-0.39, 0.29) is 0 Å². The standard InChI is InChI=1S/C14H25NOS/c1-4-8-15-13(11-17-12(3)5-2)10-14-7-6-9-16-14/h6-7,9,12-13,15H,4-5,8,10-11H2,1-3H3. The van der Waals surface area contributed by atoms with Gasteiger partial charge < -0.3 is 9.73 Å². The van der Waals surface area contributed by atoms with E-state index in [0.29, 0.717) is 6.04 Å². The number of rotatable bonds is 9. The first-order chi connectivity index (χ1) is 8.26. The molecule has 17 heavy (non-hydrogen) atoms. The minimum Gasteiger partial charge on any atom is -0.469 e. The van der Waals surface area contributed by atoms with Gasteiger partial charge in [0.15, 0.2) is 0 Å². The molecule has 0 radical (unpaired) electrons. The molecule has 0 spiro atoms. The molecule has 0 aliphatic heterocycles.